The Balaban J connectivity index is 2.47. The van der Waals surface area contributed by atoms with Crippen LogP contribution in [-0.4, -0.2) is 20.5 Å². The Labute approximate surface area is 97.1 Å². The van der Waals surface area contributed by atoms with E-state index < -0.39 is 5.97 Å². The van der Waals surface area contributed by atoms with Gasteiger partial charge >= 0.3 is 5.97 Å². The summed E-state index contributed by atoms with van der Waals surface area (Å²) in [6, 6.07) is 7.91. The number of carbonyl (C=O) groups is 1. The van der Waals surface area contributed by atoms with Gasteiger partial charge in [0.25, 0.3) is 0 Å². The van der Waals surface area contributed by atoms with Crippen LogP contribution in [0.4, 0.5) is 0 Å². The van der Waals surface area contributed by atoms with Gasteiger partial charge in [-0.1, -0.05) is 18.2 Å². The van der Waals surface area contributed by atoms with Gasteiger partial charge in [0, 0.05) is 17.8 Å². The molecular formula is C13H10N2O2. The molecule has 0 aliphatic rings. The second-order valence-electron chi connectivity index (χ2n) is 4.01. The second-order valence-corrected chi connectivity index (χ2v) is 4.01. The highest BCUT2D eigenvalue weighted by molar-refractivity contribution is 5.97. The zero-order valence-corrected chi connectivity index (χ0v) is 9.21. The summed E-state index contributed by atoms with van der Waals surface area (Å²) >= 11 is 0. The maximum absolute atomic E-state index is 10.9. The number of pyridine rings is 1. The van der Waals surface area contributed by atoms with Crippen molar-refractivity contribution in [3.8, 4) is 0 Å². The van der Waals surface area contributed by atoms with E-state index in [4.69, 9.17) is 5.11 Å². The first kappa shape index (κ1) is 9.84. The van der Waals surface area contributed by atoms with Crippen molar-refractivity contribution in [2.45, 2.75) is 6.92 Å². The topological polar surface area (TPSA) is 54.6 Å². The van der Waals surface area contributed by atoms with E-state index in [0.717, 1.165) is 16.3 Å². The number of nitrogens with zero attached hydrogens (tertiary/aromatic N) is 2. The number of fused-ring (bicyclic) bond motifs is 3. The summed E-state index contributed by atoms with van der Waals surface area (Å²) in [7, 11) is 0. The Bertz CT molecular complexity index is 744. The Morgan fingerprint density at radius 3 is 2.88 bits per heavy atom. The Morgan fingerprint density at radius 1 is 1.29 bits per heavy atom. The zero-order valence-electron chi connectivity index (χ0n) is 9.21. The van der Waals surface area contributed by atoms with E-state index >= 15 is 0 Å². The van der Waals surface area contributed by atoms with E-state index in [2.05, 4.69) is 4.98 Å². The molecule has 1 N–H and O–H groups in total. The SMILES string of the molecule is Cc1cccc2c1ccn1cc(C(=O)O)nc21. The van der Waals surface area contributed by atoms with Crippen molar-refractivity contribution in [3.05, 3.63) is 47.9 Å². The first-order valence-electron chi connectivity index (χ1n) is 5.27. The average Bonchev–Trinajstić information content (AvgIpc) is 2.73. The minimum absolute atomic E-state index is 0.0685. The number of imidazole rings is 1. The molecule has 0 unspecified atom stereocenters. The van der Waals surface area contributed by atoms with Gasteiger partial charge in [0.2, 0.25) is 0 Å². The largest absolute Gasteiger partial charge is 0.476 e. The van der Waals surface area contributed by atoms with Crippen molar-refractivity contribution < 1.29 is 9.90 Å². The summed E-state index contributed by atoms with van der Waals surface area (Å²) in [5, 5.41) is 11.0. The number of carboxylic acids is 1. The van der Waals surface area contributed by atoms with Crippen LogP contribution in [0, 0.1) is 6.92 Å². The molecular weight excluding hydrogens is 216 g/mol. The third kappa shape index (κ3) is 1.38. The molecule has 4 nitrogen and oxygen atoms in total. The molecule has 0 aliphatic heterocycles. The van der Waals surface area contributed by atoms with Gasteiger partial charge in [-0.15, -0.1) is 0 Å². The molecule has 0 radical (unpaired) electrons. The molecule has 0 amide bonds. The average molecular weight is 226 g/mol. The smallest absolute Gasteiger partial charge is 0.356 e. The van der Waals surface area contributed by atoms with Crippen LogP contribution in [0.3, 0.4) is 0 Å². The van der Waals surface area contributed by atoms with Crippen molar-refractivity contribution in [1.29, 1.82) is 0 Å². The quantitative estimate of drug-likeness (QED) is 0.693. The van der Waals surface area contributed by atoms with Gasteiger partial charge in [-0.05, 0) is 23.9 Å². The van der Waals surface area contributed by atoms with Crippen LogP contribution >= 0.6 is 0 Å². The molecule has 0 bridgehead atoms. The fourth-order valence-electron chi connectivity index (χ4n) is 2.06. The predicted octanol–water partition coefficient (Wildman–Crippen LogP) is 2.49. The summed E-state index contributed by atoms with van der Waals surface area (Å²) in [5.74, 6) is -1.01. The van der Waals surface area contributed by atoms with Crippen LogP contribution in [0.25, 0.3) is 16.4 Å². The molecule has 2 aromatic heterocycles. The molecule has 0 aliphatic carbocycles. The molecule has 0 atom stereocenters. The Morgan fingerprint density at radius 2 is 2.12 bits per heavy atom. The van der Waals surface area contributed by atoms with Gasteiger partial charge in [0.05, 0.1) is 0 Å². The standard InChI is InChI=1S/C13H10N2O2/c1-8-3-2-4-10-9(8)5-6-15-7-11(13(16)17)14-12(10)15/h2-7H,1H3,(H,16,17). The molecule has 3 rings (SSSR count). The molecule has 2 heterocycles. The van der Waals surface area contributed by atoms with E-state index in [1.165, 1.54) is 6.20 Å². The van der Waals surface area contributed by atoms with Crippen molar-refractivity contribution in [1.82, 2.24) is 9.38 Å². The van der Waals surface area contributed by atoms with E-state index in [1.807, 2.05) is 37.4 Å². The predicted molar refractivity (Wildman–Crippen MR) is 64.4 cm³/mol. The molecule has 0 fully saturated rings. The van der Waals surface area contributed by atoms with Crippen LogP contribution in [0.1, 0.15) is 16.1 Å². The number of rotatable bonds is 1. The summed E-state index contributed by atoms with van der Waals surface area (Å²) in [4.78, 5) is 15.0. The van der Waals surface area contributed by atoms with Crippen LogP contribution in [0.5, 0.6) is 0 Å². The highest BCUT2D eigenvalue weighted by atomic mass is 16.4. The van der Waals surface area contributed by atoms with Crippen LogP contribution in [-0.2, 0) is 0 Å². The first-order valence-corrected chi connectivity index (χ1v) is 5.27. The molecule has 3 aromatic rings. The third-order valence-corrected chi connectivity index (χ3v) is 2.92. The van der Waals surface area contributed by atoms with Gasteiger partial charge in [-0.3, -0.25) is 0 Å². The van der Waals surface area contributed by atoms with Crippen molar-refractivity contribution in [2.75, 3.05) is 0 Å². The van der Waals surface area contributed by atoms with E-state index in [-0.39, 0.29) is 5.69 Å². The normalized spacial score (nSPS) is 11.1. The zero-order chi connectivity index (χ0) is 12.0. The number of hydrogen-bond donors (Lipinski definition) is 1. The number of aromatic carboxylic acids is 1. The number of carboxylic acid groups (broad SMARTS) is 1. The fourth-order valence-corrected chi connectivity index (χ4v) is 2.06. The molecule has 4 heteroatoms. The van der Waals surface area contributed by atoms with E-state index in [9.17, 15) is 4.79 Å². The summed E-state index contributed by atoms with van der Waals surface area (Å²) in [5.41, 5.74) is 1.91. The van der Waals surface area contributed by atoms with Gasteiger partial charge in [-0.25, -0.2) is 9.78 Å². The molecule has 0 saturated carbocycles. The molecule has 1 aromatic carbocycles. The van der Waals surface area contributed by atoms with Gasteiger partial charge < -0.3 is 9.51 Å². The van der Waals surface area contributed by atoms with Crippen LogP contribution < -0.4 is 0 Å². The minimum atomic E-state index is -1.01. The maximum Gasteiger partial charge on any atom is 0.356 e. The van der Waals surface area contributed by atoms with Gasteiger partial charge in [0.15, 0.2) is 5.69 Å². The minimum Gasteiger partial charge on any atom is -0.476 e. The Kier molecular flexibility index (Phi) is 1.92. The molecule has 0 spiro atoms. The number of hydrogen-bond acceptors (Lipinski definition) is 2. The van der Waals surface area contributed by atoms with Crippen molar-refractivity contribution >= 4 is 22.4 Å². The molecule has 0 saturated heterocycles. The molecule has 84 valence electrons. The fraction of sp³-hybridized carbons (Fsp3) is 0.0769. The van der Waals surface area contributed by atoms with Gasteiger partial charge in [-0.2, -0.15) is 0 Å². The maximum atomic E-state index is 10.9. The van der Waals surface area contributed by atoms with Crippen LogP contribution in [0.2, 0.25) is 0 Å². The summed E-state index contributed by atoms with van der Waals surface area (Å²) in [6.45, 7) is 2.03. The van der Waals surface area contributed by atoms with E-state index in [1.54, 1.807) is 4.40 Å². The molecule has 17 heavy (non-hydrogen) atoms. The number of aryl methyl sites for hydroxylation is 1. The first-order chi connectivity index (χ1) is 8.16. The lowest BCUT2D eigenvalue weighted by Crippen LogP contribution is -1.94. The van der Waals surface area contributed by atoms with Gasteiger partial charge in [0.1, 0.15) is 5.65 Å². The summed E-state index contributed by atoms with van der Waals surface area (Å²) in [6.07, 6.45) is 3.36. The van der Waals surface area contributed by atoms with E-state index in [0.29, 0.717) is 5.65 Å². The number of aromatic nitrogens is 2. The highest BCUT2D eigenvalue weighted by Crippen LogP contribution is 2.22. The lowest BCUT2D eigenvalue weighted by molar-refractivity contribution is 0.0691. The lowest BCUT2D eigenvalue weighted by Gasteiger charge is -2.02. The summed E-state index contributed by atoms with van der Waals surface area (Å²) < 4.78 is 1.74. The van der Waals surface area contributed by atoms with Crippen molar-refractivity contribution in [2.24, 2.45) is 0 Å². The van der Waals surface area contributed by atoms with Crippen LogP contribution in [0.15, 0.2) is 36.7 Å². The van der Waals surface area contributed by atoms with Crippen molar-refractivity contribution in [3.63, 3.8) is 0 Å². The lowest BCUT2D eigenvalue weighted by atomic mass is 10.1. The third-order valence-electron chi connectivity index (χ3n) is 2.92. The second kappa shape index (κ2) is 3.31. The highest BCUT2D eigenvalue weighted by Gasteiger charge is 2.10. The Hall–Kier alpha value is -2.36. The monoisotopic (exact) mass is 226 g/mol. The number of benzene rings is 1.